The minimum absolute atomic E-state index is 0.346. The fourth-order valence-electron chi connectivity index (χ4n) is 1.46. The molecule has 0 aliphatic heterocycles. The lowest BCUT2D eigenvalue weighted by molar-refractivity contribution is 0.352. The molecule has 0 atom stereocenters. The quantitative estimate of drug-likeness (QED) is 0.877. The Bertz CT molecular complexity index is 268. The SMILES string of the molecule is CNCC(C)(C)Cc1ccc(Br)s1. The minimum Gasteiger partial charge on any atom is -0.319 e. The molecule has 3 heteroatoms. The van der Waals surface area contributed by atoms with Gasteiger partial charge in [-0.15, -0.1) is 11.3 Å². The van der Waals surface area contributed by atoms with Gasteiger partial charge in [0.25, 0.3) is 0 Å². The summed E-state index contributed by atoms with van der Waals surface area (Å²) in [5.74, 6) is 0. The Morgan fingerprint density at radius 2 is 2.15 bits per heavy atom. The topological polar surface area (TPSA) is 12.0 Å². The van der Waals surface area contributed by atoms with E-state index in [1.807, 2.05) is 18.4 Å². The van der Waals surface area contributed by atoms with E-state index in [0.717, 1.165) is 13.0 Å². The fraction of sp³-hybridized carbons (Fsp3) is 0.600. The first-order valence-electron chi connectivity index (χ1n) is 4.42. The molecule has 0 saturated heterocycles. The second-order valence-electron chi connectivity index (χ2n) is 4.08. The van der Waals surface area contributed by atoms with Gasteiger partial charge in [0, 0.05) is 11.4 Å². The van der Waals surface area contributed by atoms with Crippen LogP contribution in [0.4, 0.5) is 0 Å². The summed E-state index contributed by atoms with van der Waals surface area (Å²) in [7, 11) is 2.01. The Hall–Kier alpha value is 0.140. The number of hydrogen-bond acceptors (Lipinski definition) is 2. The third kappa shape index (κ3) is 3.79. The summed E-state index contributed by atoms with van der Waals surface area (Å²) in [6.45, 7) is 5.64. The first-order chi connectivity index (χ1) is 6.03. The third-order valence-corrected chi connectivity index (χ3v) is 3.56. The molecule has 0 unspecified atom stereocenters. The van der Waals surface area contributed by atoms with E-state index in [1.54, 1.807) is 0 Å². The molecule has 1 rings (SSSR count). The molecule has 0 amide bonds. The summed E-state index contributed by atoms with van der Waals surface area (Å²) < 4.78 is 1.22. The second-order valence-corrected chi connectivity index (χ2v) is 6.62. The van der Waals surface area contributed by atoms with Gasteiger partial charge in [0.15, 0.2) is 0 Å². The maximum absolute atomic E-state index is 3.48. The van der Waals surface area contributed by atoms with Crippen molar-refractivity contribution in [2.45, 2.75) is 20.3 Å². The van der Waals surface area contributed by atoms with Crippen LogP contribution in [0.15, 0.2) is 15.9 Å². The van der Waals surface area contributed by atoms with Crippen molar-refractivity contribution >= 4 is 27.3 Å². The normalized spacial score (nSPS) is 12.0. The molecule has 74 valence electrons. The molecule has 1 N–H and O–H groups in total. The van der Waals surface area contributed by atoms with E-state index in [4.69, 9.17) is 0 Å². The standard InChI is InChI=1S/C10H16BrNS/c1-10(2,7-12-3)6-8-4-5-9(11)13-8/h4-5,12H,6-7H2,1-3H3. The van der Waals surface area contributed by atoms with E-state index in [2.05, 4.69) is 47.2 Å². The zero-order valence-electron chi connectivity index (χ0n) is 8.36. The zero-order valence-corrected chi connectivity index (χ0v) is 10.8. The number of rotatable bonds is 4. The molecule has 0 spiro atoms. The van der Waals surface area contributed by atoms with Crippen LogP contribution < -0.4 is 5.32 Å². The number of nitrogens with one attached hydrogen (secondary N) is 1. The van der Waals surface area contributed by atoms with Crippen LogP contribution in [0.5, 0.6) is 0 Å². The predicted molar refractivity (Wildman–Crippen MR) is 63.4 cm³/mol. The zero-order chi connectivity index (χ0) is 9.90. The van der Waals surface area contributed by atoms with Crippen molar-refractivity contribution in [3.63, 3.8) is 0 Å². The lowest BCUT2D eigenvalue weighted by Crippen LogP contribution is -2.28. The Kier molecular flexibility index (Phi) is 3.95. The van der Waals surface area contributed by atoms with Crippen LogP contribution in [0.25, 0.3) is 0 Å². The molecule has 0 bridgehead atoms. The lowest BCUT2D eigenvalue weighted by atomic mass is 9.89. The van der Waals surface area contributed by atoms with Crippen molar-refractivity contribution in [3.8, 4) is 0 Å². The molecule has 1 heterocycles. The maximum Gasteiger partial charge on any atom is 0.0701 e. The van der Waals surface area contributed by atoms with Gasteiger partial charge in [0.05, 0.1) is 3.79 Å². The Balaban J connectivity index is 2.57. The molecule has 1 aromatic heterocycles. The molecule has 1 nitrogen and oxygen atoms in total. The first-order valence-corrected chi connectivity index (χ1v) is 6.03. The van der Waals surface area contributed by atoms with Gasteiger partial charge < -0.3 is 5.32 Å². The van der Waals surface area contributed by atoms with E-state index in [9.17, 15) is 0 Å². The van der Waals surface area contributed by atoms with Crippen molar-refractivity contribution in [2.75, 3.05) is 13.6 Å². The molecule has 0 aliphatic rings. The molecule has 0 radical (unpaired) electrons. The van der Waals surface area contributed by atoms with Crippen molar-refractivity contribution in [1.29, 1.82) is 0 Å². The number of hydrogen-bond donors (Lipinski definition) is 1. The number of halogens is 1. The Morgan fingerprint density at radius 3 is 2.62 bits per heavy atom. The number of thiophene rings is 1. The third-order valence-electron chi connectivity index (χ3n) is 1.94. The lowest BCUT2D eigenvalue weighted by Gasteiger charge is -2.23. The van der Waals surface area contributed by atoms with Gasteiger partial charge in [-0.3, -0.25) is 0 Å². The van der Waals surface area contributed by atoms with Crippen LogP contribution in [0.1, 0.15) is 18.7 Å². The fourth-order valence-corrected chi connectivity index (χ4v) is 3.20. The average molecular weight is 262 g/mol. The highest BCUT2D eigenvalue weighted by molar-refractivity contribution is 9.11. The van der Waals surface area contributed by atoms with Crippen molar-refractivity contribution in [2.24, 2.45) is 5.41 Å². The van der Waals surface area contributed by atoms with Gasteiger partial charge in [-0.05, 0) is 46.9 Å². The largest absolute Gasteiger partial charge is 0.319 e. The molecule has 1 aromatic rings. The highest BCUT2D eigenvalue weighted by Crippen LogP contribution is 2.28. The van der Waals surface area contributed by atoms with Crippen molar-refractivity contribution in [1.82, 2.24) is 5.32 Å². The maximum atomic E-state index is 3.48. The average Bonchev–Trinajstić information content (AvgIpc) is 2.34. The first kappa shape index (κ1) is 11.2. The Labute approximate surface area is 92.7 Å². The van der Waals surface area contributed by atoms with E-state index >= 15 is 0 Å². The van der Waals surface area contributed by atoms with Crippen LogP contribution in [-0.2, 0) is 6.42 Å². The van der Waals surface area contributed by atoms with Gasteiger partial charge in [-0.25, -0.2) is 0 Å². The molecule has 13 heavy (non-hydrogen) atoms. The van der Waals surface area contributed by atoms with E-state index in [1.165, 1.54) is 8.66 Å². The summed E-state index contributed by atoms with van der Waals surface area (Å²) in [6.07, 6.45) is 1.14. The van der Waals surface area contributed by atoms with Crippen LogP contribution >= 0.6 is 27.3 Å². The van der Waals surface area contributed by atoms with Crippen molar-refractivity contribution in [3.05, 3.63) is 20.8 Å². The van der Waals surface area contributed by atoms with Crippen molar-refractivity contribution < 1.29 is 0 Å². The summed E-state index contributed by atoms with van der Waals surface area (Å²) in [5, 5.41) is 3.23. The highest BCUT2D eigenvalue weighted by Gasteiger charge is 2.18. The van der Waals surface area contributed by atoms with Gasteiger partial charge in [0.1, 0.15) is 0 Å². The van der Waals surface area contributed by atoms with Crippen LogP contribution in [0, 0.1) is 5.41 Å². The summed E-state index contributed by atoms with van der Waals surface area (Å²) >= 11 is 5.31. The molecule has 0 aliphatic carbocycles. The monoisotopic (exact) mass is 261 g/mol. The van der Waals surface area contributed by atoms with E-state index in [0.29, 0.717) is 5.41 Å². The van der Waals surface area contributed by atoms with Crippen LogP contribution in [0.3, 0.4) is 0 Å². The van der Waals surface area contributed by atoms with Gasteiger partial charge in [0.2, 0.25) is 0 Å². The van der Waals surface area contributed by atoms with E-state index < -0.39 is 0 Å². The molecule has 0 saturated carbocycles. The smallest absolute Gasteiger partial charge is 0.0701 e. The Morgan fingerprint density at radius 1 is 1.46 bits per heavy atom. The predicted octanol–water partition coefficient (Wildman–Crippen LogP) is 3.30. The van der Waals surface area contributed by atoms with Gasteiger partial charge in [-0.2, -0.15) is 0 Å². The molecular weight excluding hydrogens is 246 g/mol. The minimum atomic E-state index is 0.346. The summed E-state index contributed by atoms with van der Waals surface area (Å²) in [6, 6.07) is 4.32. The van der Waals surface area contributed by atoms with Crippen LogP contribution in [-0.4, -0.2) is 13.6 Å². The van der Waals surface area contributed by atoms with Gasteiger partial charge in [-0.1, -0.05) is 13.8 Å². The summed E-state index contributed by atoms with van der Waals surface area (Å²) in [4.78, 5) is 1.45. The van der Waals surface area contributed by atoms with Crippen LogP contribution in [0.2, 0.25) is 0 Å². The second kappa shape index (κ2) is 4.58. The van der Waals surface area contributed by atoms with Gasteiger partial charge >= 0.3 is 0 Å². The molecular formula is C10H16BrNS. The van der Waals surface area contributed by atoms with E-state index in [-0.39, 0.29) is 0 Å². The molecule has 0 fully saturated rings. The molecule has 0 aromatic carbocycles. The summed E-state index contributed by atoms with van der Waals surface area (Å²) in [5.41, 5.74) is 0.346. The highest BCUT2D eigenvalue weighted by atomic mass is 79.9.